The lowest BCUT2D eigenvalue weighted by Crippen LogP contribution is -2.34. The van der Waals surface area contributed by atoms with E-state index in [1.165, 1.54) is 25.9 Å². The van der Waals surface area contributed by atoms with Gasteiger partial charge in [0, 0.05) is 25.2 Å². The van der Waals surface area contributed by atoms with Crippen molar-refractivity contribution < 1.29 is 4.79 Å². The fourth-order valence-corrected chi connectivity index (χ4v) is 2.86. The Hall–Kier alpha value is -1.55. The Kier molecular flexibility index (Phi) is 6.05. The van der Waals surface area contributed by atoms with Gasteiger partial charge in [-0.05, 0) is 49.9 Å². The number of para-hydroxylation sites is 1. The molecule has 1 fully saturated rings. The molecule has 4 heteroatoms. The van der Waals surface area contributed by atoms with Gasteiger partial charge >= 0.3 is 0 Å². The lowest BCUT2D eigenvalue weighted by atomic mass is 10.1. The topological polar surface area (TPSA) is 58.4 Å². The van der Waals surface area contributed by atoms with Crippen molar-refractivity contribution in [3.8, 4) is 0 Å². The molecule has 4 nitrogen and oxygen atoms in total. The molecule has 1 unspecified atom stereocenters. The Balaban J connectivity index is 1.64. The summed E-state index contributed by atoms with van der Waals surface area (Å²) in [5.74, 6) is 0.625. The van der Waals surface area contributed by atoms with E-state index in [0.717, 1.165) is 24.3 Å². The number of nitrogens with two attached hydrogens (primary N) is 1. The van der Waals surface area contributed by atoms with Crippen molar-refractivity contribution in [1.82, 2.24) is 10.2 Å². The summed E-state index contributed by atoms with van der Waals surface area (Å²) >= 11 is 0. The number of nitrogens with one attached hydrogen (secondary N) is 1. The van der Waals surface area contributed by atoms with Gasteiger partial charge in [0.25, 0.3) is 0 Å². The second-order valence-corrected chi connectivity index (χ2v) is 6.12. The van der Waals surface area contributed by atoms with Gasteiger partial charge in [-0.1, -0.05) is 25.1 Å². The average molecular weight is 289 g/mol. The second kappa shape index (κ2) is 8.03. The third-order valence-electron chi connectivity index (χ3n) is 4.09. The van der Waals surface area contributed by atoms with Crippen LogP contribution in [0.5, 0.6) is 0 Å². The average Bonchev–Trinajstić information content (AvgIpc) is 2.97. The van der Waals surface area contributed by atoms with E-state index in [1.54, 1.807) is 0 Å². The summed E-state index contributed by atoms with van der Waals surface area (Å²) < 4.78 is 0. The highest BCUT2D eigenvalue weighted by Crippen LogP contribution is 2.13. The smallest absolute Gasteiger partial charge is 0.220 e. The molecule has 21 heavy (non-hydrogen) atoms. The third-order valence-corrected chi connectivity index (χ3v) is 4.09. The number of nitrogens with zero attached hydrogens (tertiary/aromatic N) is 1. The lowest BCUT2D eigenvalue weighted by Gasteiger charge is -2.20. The number of aryl methyl sites for hydroxylation is 1. The predicted molar refractivity (Wildman–Crippen MR) is 87.0 cm³/mol. The van der Waals surface area contributed by atoms with Crippen LogP contribution in [0.3, 0.4) is 0 Å². The molecule has 0 radical (unpaired) electrons. The van der Waals surface area contributed by atoms with Gasteiger partial charge in [0.2, 0.25) is 5.91 Å². The largest absolute Gasteiger partial charge is 0.399 e. The number of carbonyl (C=O) groups excluding carboxylic acids is 1. The molecule has 1 amide bonds. The molecule has 0 spiro atoms. The van der Waals surface area contributed by atoms with Crippen molar-refractivity contribution in [2.24, 2.45) is 5.92 Å². The van der Waals surface area contributed by atoms with Gasteiger partial charge in [-0.3, -0.25) is 4.79 Å². The van der Waals surface area contributed by atoms with Crippen LogP contribution in [0.25, 0.3) is 0 Å². The molecule has 1 aromatic carbocycles. The minimum atomic E-state index is 0.117. The highest BCUT2D eigenvalue weighted by Gasteiger charge is 2.15. The van der Waals surface area contributed by atoms with Crippen LogP contribution >= 0.6 is 0 Å². The van der Waals surface area contributed by atoms with Crippen LogP contribution in [0.1, 0.15) is 31.7 Å². The molecule has 1 atom stereocenters. The fraction of sp³-hybridized carbons (Fsp3) is 0.588. The van der Waals surface area contributed by atoms with E-state index in [0.29, 0.717) is 18.8 Å². The summed E-state index contributed by atoms with van der Waals surface area (Å²) in [5.41, 5.74) is 7.71. The number of nitrogen functional groups attached to an aromatic ring is 1. The van der Waals surface area contributed by atoms with E-state index in [2.05, 4.69) is 17.1 Å². The number of likely N-dealkylation sites (tertiary alicyclic amines) is 1. The van der Waals surface area contributed by atoms with E-state index in [1.807, 2.05) is 24.3 Å². The van der Waals surface area contributed by atoms with Crippen LogP contribution in [-0.2, 0) is 11.2 Å². The number of hydrogen-bond donors (Lipinski definition) is 2. The first-order valence-electron chi connectivity index (χ1n) is 7.97. The summed E-state index contributed by atoms with van der Waals surface area (Å²) in [7, 11) is 0. The van der Waals surface area contributed by atoms with Gasteiger partial charge in [-0.25, -0.2) is 0 Å². The van der Waals surface area contributed by atoms with E-state index in [-0.39, 0.29) is 5.91 Å². The lowest BCUT2D eigenvalue weighted by molar-refractivity contribution is -0.121. The van der Waals surface area contributed by atoms with Crippen molar-refractivity contribution in [1.29, 1.82) is 0 Å². The van der Waals surface area contributed by atoms with Crippen LogP contribution in [0.15, 0.2) is 24.3 Å². The van der Waals surface area contributed by atoms with E-state index in [4.69, 9.17) is 5.73 Å². The van der Waals surface area contributed by atoms with Gasteiger partial charge < -0.3 is 16.0 Å². The van der Waals surface area contributed by atoms with Crippen molar-refractivity contribution in [3.05, 3.63) is 29.8 Å². The van der Waals surface area contributed by atoms with Gasteiger partial charge in [-0.2, -0.15) is 0 Å². The zero-order valence-electron chi connectivity index (χ0n) is 13.0. The monoisotopic (exact) mass is 289 g/mol. The summed E-state index contributed by atoms with van der Waals surface area (Å²) in [6.07, 6.45) is 3.85. The fourth-order valence-electron chi connectivity index (χ4n) is 2.86. The number of amides is 1. The number of rotatable bonds is 7. The standard InChI is InChI=1S/C17H27N3O/c1-14(13-20-10-4-5-11-20)12-19-17(21)9-8-15-6-2-3-7-16(15)18/h2-3,6-7,14H,4-5,8-13,18H2,1H3,(H,19,21). The summed E-state index contributed by atoms with van der Waals surface area (Å²) in [6, 6.07) is 7.74. The number of anilines is 1. The molecule has 1 heterocycles. The van der Waals surface area contributed by atoms with Crippen molar-refractivity contribution >= 4 is 11.6 Å². The molecule has 0 saturated carbocycles. The van der Waals surface area contributed by atoms with Crippen molar-refractivity contribution in [2.75, 3.05) is 31.9 Å². The Morgan fingerprint density at radius 1 is 1.33 bits per heavy atom. The molecule has 3 N–H and O–H groups in total. The normalized spacial score (nSPS) is 16.8. The predicted octanol–water partition coefficient (Wildman–Crippen LogP) is 2.05. The molecular weight excluding hydrogens is 262 g/mol. The summed E-state index contributed by atoms with van der Waals surface area (Å²) in [6.45, 7) is 6.48. The summed E-state index contributed by atoms with van der Waals surface area (Å²) in [4.78, 5) is 14.4. The SMILES string of the molecule is CC(CNC(=O)CCc1ccccc1N)CN1CCCC1. The zero-order valence-corrected chi connectivity index (χ0v) is 13.0. The van der Waals surface area contributed by atoms with Gasteiger partial charge in [-0.15, -0.1) is 0 Å². The minimum absolute atomic E-state index is 0.117. The van der Waals surface area contributed by atoms with E-state index in [9.17, 15) is 4.79 Å². The first kappa shape index (κ1) is 15.8. The van der Waals surface area contributed by atoms with E-state index < -0.39 is 0 Å². The molecule has 0 aliphatic carbocycles. The van der Waals surface area contributed by atoms with Crippen LogP contribution < -0.4 is 11.1 Å². The van der Waals surface area contributed by atoms with Crippen molar-refractivity contribution in [2.45, 2.75) is 32.6 Å². The molecule has 2 rings (SSSR count). The van der Waals surface area contributed by atoms with Crippen molar-refractivity contribution in [3.63, 3.8) is 0 Å². The molecule has 0 aromatic heterocycles. The Labute approximate surface area is 127 Å². The van der Waals surface area contributed by atoms with Gasteiger partial charge in [0.05, 0.1) is 0 Å². The maximum absolute atomic E-state index is 11.9. The molecule has 116 valence electrons. The maximum atomic E-state index is 11.9. The number of hydrogen-bond acceptors (Lipinski definition) is 3. The first-order chi connectivity index (χ1) is 10.1. The maximum Gasteiger partial charge on any atom is 0.220 e. The molecular formula is C17H27N3O. The Morgan fingerprint density at radius 2 is 2.05 bits per heavy atom. The third kappa shape index (κ3) is 5.38. The van der Waals surface area contributed by atoms with Crippen LogP contribution in [0, 0.1) is 5.92 Å². The van der Waals surface area contributed by atoms with Gasteiger partial charge in [0.1, 0.15) is 0 Å². The Bertz CT molecular complexity index is 455. The molecule has 0 bridgehead atoms. The van der Waals surface area contributed by atoms with Crippen LogP contribution in [0.2, 0.25) is 0 Å². The second-order valence-electron chi connectivity index (χ2n) is 6.12. The number of carbonyl (C=O) groups is 1. The zero-order chi connectivity index (χ0) is 15.1. The number of benzene rings is 1. The minimum Gasteiger partial charge on any atom is -0.399 e. The highest BCUT2D eigenvalue weighted by molar-refractivity contribution is 5.76. The van der Waals surface area contributed by atoms with Crippen LogP contribution in [0.4, 0.5) is 5.69 Å². The molecule has 1 aromatic rings. The molecule has 1 saturated heterocycles. The van der Waals surface area contributed by atoms with Crippen LogP contribution in [-0.4, -0.2) is 37.0 Å². The first-order valence-corrected chi connectivity index (χ1v) is 7.97. The summed E-state index contributed by atoms with van der Waals surface area (Å²) in [5, 5.41) is 3.04. The quantitative estimate of drug-likeness (QED) is 0.755. The highest BCUT2D eigenvalue weighted by atomic mass is 16.1. The molecule has 1 aliphatic heterocycles. The van der Waals surface area contributed by atoms with Gasteiger partial charge in [0.15, 0.2) is 0 Å². The Morgan fingerprint density at radius 3 is 2.76 bits per heavy atom. The molecule has 1 aliphatic rings. The van der Waals surface area contributed by atoms with E-state index >= 15 is 0 Å².